The molecule has 1 aliphatic rings. The van der Waals surface area contributed by atoms with E-state index >= 15 is 0 Å². The van der Waals surface area contributed by atoms with E-state index < -0.39 is 0 Å². The first-order valence-corrected chi connectivity index (χ1v) is 4.17. The van der Waals surface area contributed by atoms with Gasteiger partial charge < -0.3 is 0 Å². The van der Waals surface area contributed by atoms with Gasteiger partial charge in [0.2, 0.25) is 5.12 Å². The highest BCUT2D eigenvalue weighted by Crippen LogP contribution is 2.27. The summed E-state index contributed by atoms with van der Waals surface area (Å²) in [7, 11) is 0. The van der Waals surface area contributed by atoms with Crippen LogP contribution < -0.4 is 0 Å². The topological polar surface area (TPSA) is 40.9 Å². The van der Waals surface area contributed by atoms with Gasteiger partial charge in [-0.3, -0.25) is 4.79 Å². The molecule has 2 nitrogen and oxygen atoms in total. The Balaban J connectivity index is 2.55. The van der Waals surface area contributed by atoms with Crippen LogP contribution in [-0.4, -0.2) is 5.12 Å². The zero-order chi connectivity index (χ0) is 7.40. The molecule has 0 aromatic rings. The second-order valence-electron chi connectivity index (χ2n) is 1.48. The molecule has 0 aromatic carbocycles. The van der Waals surface area contributed by atoms with Crippen molar-refractivity contribution in [2.75, 3.05) is 0 Å². The van der Waals surface area contributed by atoms with Crippen LogP contribution in [0.25, 0.3) is 0 Å². The van der Waals surface area contributed by atoms with Crippen LogP contribution in [0.5, 0.6) is 0 Å². The molecule has 0 unspecified atom stereocenters. The number of thioether (sulfide) groups is 2. The summed E-state index contributed by atoms with van der Waals surface area (Å²) in [5.41, 5.74) is 0. The van der Waals surface area contributed by atoms with Crippen molar-refractivity contribution >= 4 is 28.6 Å². The fourth-order valence-electron chi connectivity index (χ4n) is 0.482. The van der Waals surface area contributed by atoms with E-state index in [-0.39, 0.29) is 5.12 Å². The first kappa shape index (κ1) is 7.45. The number of nitriles is 1. The molecule has 50 valence electrons. The lowest BCUT2D eigenvalue weighted by Crippen LogP contribution is -1.72. The molecule has 0 saturated heterocycles. The Hall–Kier alpha value is -0.660. The van der Waals surface area contributed by atoms with Crippen LogP contribution in [0.4, 0.5) is 0 Å². The summed E-state index contributed by atoms with van der Waals surface area (Å²) in [4.78, 5) is 11.4. The number of carbonyl (C=O) groups excluding carboxylic acids is 1. The maximum atomic E-state index is 10.6. The molecule has 1 heterocycles. The average Bonchev–Trinajstić information content (AvgIpc) is 2.31. The minimum absolute atomic E-state index is 0.0322. The summed E-state index contributed by atoms with van der Waals surface area (Å²) in [5.74, 6) is 0. The van der Waals surface area contributed by atoms with Crippen LogP contribution in [0.2, 0.25) is 0 Å². The predicted molar refractivity (Wildman–Crippen MR) is 43.0 cm³/mol. The van der Waals surface area contributed by atoms with Gasteiger partial charge in [-0.05, 0) is 35.7 Å². The molecular weight excluding hydrogens is 166 g/mol. The Morgan fingerprint density at radius 1 is 1.70 bits per heavy atom. The van der Waals surface area contributed by atoms with E-state index in [2.05, 4.69) is 0 Å². The molecule has 0 bridgehead atoms. The fraction of sp³-hybridized carbons (Fsp3) is 0. The van der Waals surface area contributed by atoms with E-state index in [9.17, 15) is 4.79 Å². The van der Waals surface area contributed by atoms with Gasteiger partial charge in [-0.15, -0.1) is 0 Å². The molecular formula is C6H3NOS2. The van der Waals surface area contributed by atoms with Gasteiger partial charge in [-0.1, -0.05) is 0 Å². The van der Waals surface area contributed by atoms with Gasteiger partial charge in [0.05, 0.1) is 0 Å². The molecule has 1 aliphatic heterocycles. The first-order valence-electron chi connectivity index (χ1n) is 2.48. The van der Waals surface area contributed by atoms with Gasteiger partial charge >= 0.3 is 0 Å². The summed E-state index contributed by atoms with van der Waals surface area (Å²) >= 11 is 2.17. The van der Waals surface area contributed by atoms with Gasteiger partial charge in [0.25, 0.3) is 0 Å². The highest BCUT2D eigenvalue weighted by atomic mass is 32.2. The third-order valence-corrected chi connectivity index (χ3v) is 2.28. The number of allylic oxidation sites excluding steroid dienone is 1. The van der Waals surface area contributed by atoms with E-state index in [1.54, 1.807) is 11.5 Å². The lowest BCUT2D eigenvalue weighted by atomic mass is 10.5. The normalized spacial score (nSPS) is 19.9. The molecule has 0 spiro atoms. The molecule has 0 aliphatic carbocycles. The number of thiocyanates is 1. The third-order valence-electron chi connectivity index (χ3n) is 0.830. The standard InChI is InChI=1S/C6H3NOS2/c7-4-9-3-5-1-2-6(8)10-5/h1-3H/b5-3-. The van der Waals surface area contributed by atoms with Crippen molar-refractivity contribution in [3.8, 4) is 5.40 Å². The van der Waals surface area contributed by atoms with Crippen molar-refractivity contribution in [2.24, 2.45) is 0 Å². The van der Waals surface area contributed by atoms with Crippen LogP contribution in [0.3, 0.4) is 0 Å². The van der Waals surface area contributed by atoms with Crippen molar-refractivity contribution in [1.82, 2.24) is 0 Å². The minimum Gasteiger partial charge on any atom is -0.282 e. The summed E-state index contributed by atoms with van der Waals surface area (Å²) in [5, 5.41) is 11.7. The maximum absolute atomic E-state index is 10.6. The summed E-state index contributed by atoms with van der Waals surface area (Å²) < 4.78 is 0. The number of hydrogen-bond acceptors (Lipinski definition) is 4. The lowest BCUT2D eigenvalue weighted by molar-refractivity contribution is -0.106. The highest BCUT2D eigenvalue weighted by Gasteiger charge is 2.07. The third kappa shape index (κ3) is 1.94. The van der Waals surface area contributed by atoms with Crippen LogP contribution in [0, 0.1) is 10.7 Å². The molecule has 0 fully saturated rings. The smallest absolute Gasteiger partial charge is 0.216 e. The Morgan fingerprint density at radius 3 is 3.00 bits per heavy atom. The van der Waals surface area contributed by atoms with Crippen molar-refractivity contribution in [3.63, 3.8) is 0 Å². The van der Waals surface area contributed by atoms with Gasteiger partial charge in [0.15, 0.2) is 0 Å². The Morgan fingerprint density at radius 2 is 2.50 bits per heavy atom. The molecule has 0 radical (unpaired) electrons. The number of rotatable bonds is 1. The van der Waals surface area contributed by atoms with Gasteiger partial charge in [-0.25, -0.2) is 0 Å². The van der Waals surface area contributed by atoms with E-state index in [0.717, 1.165) is 28.4 Å². The fourth-order valence-corrected chi connectivity index (χ4v) is 1.57. The van der Waals surface area contributed by atoms with E-state index in [0.29, 0.717) is 0 Å². The summed E-state index contributed by atoms with van der Waals surface area (Å²) in [6.07, 6.45) is 3.20. The second-order valence-corrected chi connectivity index (χ2v) is 3.22. The Bertz CT molecular complexity index is 249. The number of hydrogen-bond donors (Lipinski definition) is 0. The molecule has 1 rings (SSSR count). The zero-order valence-electron chi connectivity index (χ0n) is 4.90. The van der Waals surface area contributed by atoms with Crippen LogP contribution in [-0.2, 0) is 4.79 Å². The van der Waals surface area contributed by atoms with Gasteiger partial charge in [-0.2, -0.15) is 5.26 Å². The van der Waals surface area contributed by atoms with Gasteiger partial charge in [0, 0.05) is 10.3 Å². The molecule has 4 heteroatoms. The van der Waals surface area contributed by atoms with Crippen molar-refractivity contribution in [1.29, 1.82) is 5.26 Å². The van der Waals surface area contributed by atoms with E-state index in [1.165, 1.54) is 6.08 Å². The highest BCUT2D eigenvalue weighted by molar-refractivity contribution is 8.18. The van der Waals surface area contributed by atoms with Crippen LogP contribution in [0.1, 0.15) is 0 Å². The summed E-state index contributed by atoms with van der Waals surface area (Å²) in [6, 6.07) is 0. The quantitative estimate of drug-likeness (QED) is 0.562. The second kappa shape index (κ2) is 3.49. The van der Waals surface area contributed by atoms with Crippen LogP contribution >= 0.6 is 23.5 Å². The lowest BCUT2D eigenvalue weighted by Gasteiger charge is -1.84. The van der Waals surface area contributed by atoms with E-state index in [1.807, 2.05) is 5.40 Å². The van der Waals surface area contributed by atoms with E-state index in [4.69, 9.17) is 5.26 Å². The monoisotopic (exact) mass is 169 g/mol. The van der Waals surface area contributed by atoms with Gasteiger partial charge in [0.1, 0.15) is 5.40 Å². The maximum Gasteiger partial charge on any atom is 0.216 e. The Labute approximate surface area is 67.0 Å². The number of carbonyl (C=O) groups is 1. The Kier molecular flexibility index (Phi) is 2.60. The molecule has 0 saturated carbocycles. The van der Waals surface area contributed by atoms with Crippen molar-refractivity contribution < 1.29 is 4.79 Å². The van der Waals surface area contributed by atoms with Crippen molar-refractivity contribution in [2.45, 2.75) is 0 Å². The molecule has 0 atom stereocenters. The predicted octanol–water partition coefficient (Wildman–Crippen LogP) is 1.87. The first-order chi connectivity index (χ1) is 4.83. The van der Waals surface area contributed by atoms with Crippen molar-refractivity contribution in [3.05, 3.63) is 22.5 Å². The number of nitrogens with zero attached hydrogens (tertiary/aromatic N) is 1. The molecule has 0 N–H and O–H groups in total. The SMILES string of the molecule is N#CS/C=C1/C=CC(=O)S1. The largest absolute Gasteiger partial charge is 0.282 e. The molecule has 0 amide bonds. The molecule has 0 aromatic heterocycles. The minimum atomic E-state index is 0.0322. The average molecular weight is 169 g/mol. The summed E-state index contributed by atoms with van der Waals surface area (Å²) in [6.45, 7) is 0. The van der Waals surface area contributed by atoms with Crippen LogP contribution in [0.15, 0.2) is 22.5 Å². The zero-order valence-corrected chi connectivity index (χ0v) is 6.54. The molecule has 10 heavy (non-hydrogen) atoms.